The Morgan fingerprint density at radius 2 is 1.69 bits per heavy atom. The summed E-state index contributed by atoms with van der Waals surface area (Å²) in [6.45, 7) is 0.956. The lowest BCUT2D eigenvalue weighted by molar-refractivity contribution is -0.136. The summed E-state index contributed by atoms with van der Waals surface area (Å²) < 4.78 is 11.3. The lowest BCUT2D eigenvalue weighted by Gasteiger charge is -2.31. The molecule has 0 radical (unpaired) electrons. The minimum absolute atomic E-state index is 0.0271. The van der Waals surface area contributed by atoms with Crippen LogP contribution in [0, 0.1) is 0 Å². The molecule has 0 atom stereocenters. The van der Waals surface area contributed by atoms with Crippen LogP contribution < -0.4 is 14.8 Å². The maximum atomic E-state index is 12.5. The fourth-order valence-corrected chi connectivity index (χ4v) is 3.67. The van der Waals surface area contributed by atoms with E-state index in [1.165, 1.54) is 12.3 Å². The van der Waals surface area contributed by atoms with Crippen molar-refractivity contribution in [2.75, 3.05) is 18.4 Å². The number of nitrogens with one attached hydrogen (secondary N) is 1. The molecule has 9 nitrogen and oxygen atoms in total. The number of pyridine rings is 1. The second-order valence-corrected chi connectivity index (χ2v) is 8.09. The average molecular weight is 476 g/mol. The van der Waals surface area contributed by atoms with Crippen molar-refractivity contribution in [2.45, 2.75) is 25.4 Å². The molecule has 1 aliphatic heterocycles. The van der Waals surface area contributed by atoms with E-state index >= 15 is 0 Å². The molecule has 1 fully saturated rings. The number of amides is 2. The monoisotopic (exact) mass is 475 g/mol. The summed E-state index contributed by atoms with van der Waals surface area (Å²) >= 11 is 0. The summed E-state index contributed by atoms with van der Waals surface area (Å²) in [6.07, 6.45) is 2.16. The molecule has 0 unspecified atom stereocenters. The number of nitrogens with zero attached hydrogens (tertiary/aromatic N) is 2. The number of carbonyl (C=O) groups is 3. The van der Waals surface area contributed by atoms with Crippen molar-refractivity contribution in [2.24, 2.45) is 0 Å². The summed E-state index contributed by atoms with van der Waals surface area (Å²) in [4.78, 5) is 41.2. The van der Waals surface area contributed by atoms with Crippen molar-refractivity contribution in [1.82, 2.24) is 9.88 Å². The van der Waals surface area contributed by atoms with Crippen molar-refractivity contribution >= 4 is 23.7 Å². The van der Waals surface area contributed by atoms with Crippen LogP contribution in [-0.4, -0.2) is 52.2 Å². The Labute approximate surface area is 202 Å². The summed E-state index contributed by atoms with van der Waals surface area (Å²) in [5.41, 5.74) is 1.74. The lowest BCUT2D eigenvalue weighted by Crippen LogP contribution is -2.43. The number of carboxylic acid groups (broad SMARTS) is 1. The number of likely N-dealkylation sites (tertiary alicyclic amines) is 1. The molecule has 2 aromatic carbocycles. The van der Waals surface area contributed by atoms with E-state index in [0.717, 1.165) is 0 Å². The highest BCUT2D eigenvalue weighted by Gasteiger charge is 2.25. The second kappa shape index (κ2) is 11.1. The van der Waals surface area contributed by atoms with Crippen molar-refractivity contribution in [1.29, 1.82) is 0 Å². The van der Waals surface area contributed by atoms with Crippen LogP contribution in [0.3, 0.4) is 0 Å². The standard InChI is InChI=1S/C26H25N3O6/c30-24(31)16-18-6-9-21(10-7-18)34-22-12-14-29(15-13-22)26(33)35-23-11-8-20(17-27-23)28-25(32)19-4-2-1-3-5-19/h1-11,17,22H,12-16H2,(H,28,32)(H,30,31). The summed E-state index contributed by atoms with van der Waals surface area (Å²) in [5.74, 6) is -0.311. The van der Waals surface area contributed by atoms with Gasteiger partial charge in [-0.25, -0.2) is 9.78 Å². The van der Waals surface area contributed by atoms with E-state index in [0.29, 0.717) is 48.5 Å². The molecule has 3 aromatic rings. The van der Waals surface area contributed by atoms with E-state index < -0.39 is 12.1 Å². The van der Waals surface area contributed by atoms with Crippen LogP contribution in [0.4, 0.5) is 10.5 Å². The van der Waals surface area contributed by atoms with Gasteiger partial charge in [0, 0.05) is 37.6 Å². The number of hydrogen-bond donors (Lipinski definition) is 2. The van der Waals surface area contributed by atoms with E-state index in [2.05, 4.69) is 10.3 Å². The third-order valence-corrected chi connectivity index (χ3v) is 5.50. The van der Waals surface area contributed by atoms with Gasteiger partial charge < -0.3 is 24.8 Å². The molecule has 9 heteroatoms. The van der Waals surface area contributed by atoms with Gasteiger partial charge in [-0.3, -0.25) is 9.59 Å². The molecule has 0 spiro atoms. The Morgan fingerprint density at radius 3 is 2.31 bits per heavy atom. The van der Waals surface area contributed by atoms with Crippen molar-refractivity contribution in [3.63, 3.8) is 0 Å². The summed E-state index contributed by atoms with van der Waals surface area (Å²) in [7, 11) is 0. The van der Waals surface area contributed by atoms with E-state index in [1.54, 1.807) is 59.5 Å². The van der Waals surface area contributed by atoms with E-state index in [9.17, 15) is 14.4 Å². The maximum absolute atomic E-state index is 12.5. The topological polar surface area (TPSA) is 118 Å². The maximum Gasteiger partial charge on any atom is 0.416 e. The molecule has 4 rings (SSSR count). The van der Waals surface area contributed by atoms with Gasteiger partial charge in [-0.15, -0.1) is 0 Å². The third kappa shape index (κ3) is 6.80. The highest BCUT2D eigenvalue weighted by molar-refractivity contribution is 6.04. The van der Waals surface area contributed by atoms with Gasteiger partial charge in [0.2, 0.25) is 5.88 Å². The zero-order valence-electron chi connectivity index (χ0n) is 18.9. The SMILES string of the molecule is O=C(O)Cc1ccc(OC2CCN(C(=O)Oc3ccc(NC(=O)c4ccccc4)cn3)CC2)cc1. The highest BCUT2D eigenvalue weighted by atomic mass is 16.6. The Balaban J connectivity index is 1.22. The molecule has 0 aliphatic carbocycles. The Hall–Kier alpha value is -4.40. The number of anilines is 1. The molecule has 35 heavy (non-hydrogen) atoms. The number of aliphatic carboxylic acids is 1. The summed E-state index contributed by atoms with van der Waals surface area (Å²) in [6, 6.07) is 19.0. The normalized spacial score (nSPS) is 13.7. The fourth-order valence-electron chi connectivity index (χ4n) is 3.67. The van der Waals surface area contributed by atoms with Crippen LogP contribution >= 0.6 is 0 Å². The third-order valence-electron chi connectivity index (χ3n) is 5.50. The van der Waals surface area contributed by atoms with Gasteiger partial charge in [0.1, 0.15) is 11.9 Å². The minimum Gasteiger partial charge on any atom is -0.490 e. The molecule has 2 heterocycles. The van der Waals surface area contributed by atoms with Gasteiger partial charge >= 0.3 is 12.1 Å². The van der Waals surface area contributed by atoms with Gasteiger partial charge in [0.15, 0.2) is 0 Å². The van der Waals surface area contributed by atoms with Gasteiger partial charge in [-0.1, -0.05) is 30.3 Å². The first kappa shape index (κ1) is 23.7. The number of rotatable bonds is 7. The molecule has 2 N–H and O–H groups in total. The van der Waals surface area contributed by atoms with Gasteiger partial charge in [0.25, 0.3) is 5.91 Å². The molecule has 2 amide bonds. The number of aromatic nitrogens is 1. The van der Waals surface area contributed by atoms with Crippen LogP contribution in [-0.2, 0) is 11.2 Å². The van der Waals surface area contributed by atoms with Crippen molar-refractivity contribution < 1.29 is 29.0 Å². The second-order valence-electron chi connectivity index (χ2n) is 8.09. The molecule has 0 bridgehead atoms. The Bertz CT molecular complexity index is 1160. The first-order valence-corrected chi connectivity index (χ1v) is 11.2. The first-order chi connectivity index (χ1) is 17.0. The zero-order chi connectivity index (χ0) is 24.6. The Kier molecular flexibility index (Phi) is 7.57. The average Bonchev–Trinajstić information content (AvgIpc) is 2.87. The molecule has 0 saturated carbocycles. The molecule has 1 aromatic heterocycles. The number of benzene rings is 2. The molecule has 1 saturated heterocycles. The Morgan fingerprint density at radius 1 is 0.971 bits per heavy atom. The molecule has 180 valence electrons. The van der Waals surface area contributed by atoms with E-state index in [1.807, 2.05) is 6.07 Å². The number of carbonyl (C=O) groups excluding carboxylic acids is 2. The van der Waals surface area contributed by atoms with Gasteiger partial charge in [0.05, 0.1) is 18.3 Å². The minimum atomic E-state index is -0.876. The molecular formula is C26H25N3O6. The quantitative estimate of drug-likeness (QED) is 0.530. The first-order valence-electron chi connectivity index (χ1n) is 11.2. The lowest BCUT2D eigenvalue weighted by atomic mass is 10.1. The highest BCUT2D eigenvalue weighted by Crippen LogP contribution is 2.21. The predicted octanol–water partition coefficient (Wildman–Crippen LogP) is 4.00. The smallest absolute Gasteiger partial charge is 0.416 e. The van der Waals surface area contributed by atoms with Gasteiger partial charge in [-0.2, -0.15) is 0 Å². The van der Waals surface area contributed by atoms with Gasteiger partial charge in [-0.05, 0) is 35.9 Å². The largest absolute Gasteiger partial charge is 0.490 e. The van der Waals surface area contributed by atoms with Crippen LogP contribution in [0.5, 0.6) is 11.6 Å². The van der Waals surface area contributed by atoms with Crippen molar-refractivity contribution in [3.05, 3.63) is 84.1 Å². The number of hydrogen-bond acceptors (Lipinski definition) is 6. The van der Waals surface area contributed by atoms with Crippen LogP contribution in [0.25, 0.3) is 0 Å². The van der Waals surface area contributed by atoms with Crippen LogP contribution in [0.2, 0.25) is 0 Å². The summed E-state index contributed by atoms with van der Waals surface area (Å²) in [5, 5.41) is 11.6. The molecule has 1 aliphatic rings. The number of piperidine rings is 1. The number of carboxylic acids is 1. The fraction of sp³-hybridized carbons (Fsp3) is 0.231. The number of ether oxygens (including phenoxy) is 2. The van der Waals surface area contributed by atoms with Crippen LogP contribution in [0.15, 0.2) is 72.9 Å². The van der Waals surface area contributed by atoms with Crippen molar-refractivity contribution in [3.8, 4) is 11.6 Å². The van der Waals surface area contributed by atoms with E-state index in [4.69, 9.17) is 14.6 Å². The van der Waals surface area contributed by atoms with Crippen LogP contribution in [0.1, 0.15) is 28.8 Å². The van der Waals surface area contributed by atoms with E-state index in [-0.39, 0.29) is 24.3 Å². The zero-order valence-corrected chi connectivity index (χ0v) is 18.9. The molecular weight excluding hydrogens is 450 g/mol. The predicted molar refractivity (Wildman–Crippen MR) is 128 cm³/mol.